The molecule has 2 aliphatic carbocycles. The first-order valence-electron chi connectivity index (χ1n) is 7.58. The van der Waals surface area contributed by atoms with Gasteiger partial charge in [-0.3, -0.25) is 4.79 Å². The molecule has 18 heavy (non-hydrogen) atoms. The van der Waals surface area contributed by atoms with Gasteiger partial charge in [-0.1, -0.05) is 26.7 Å². The topological polar surface area (TPSA) is 55.1 Å². The van der Waals surface area contributed by atoms with Crippen LogP contribution in [0.3, 0.4) is 0 Å². The van der Waals surface area contributed by atoms with Gasteiger partial charge in [0.2, 0.25) is 5.91 Å². The highest BCUT2D eigenvalue weighted by Gasteiger charge is 2.40. The summed E-state index contributed by atoms with van der Waals surface area (Å²) in [4.78, 5) is 12.5. The Bertz CT molecular complexity index is 297. The lowest BCUT2D eigenvalue weighted by Gasteiger charge is -2.35. The van der Waals surface area contributed by atoms with Crippen molar-refractivity contribution < 1.29 is 4.79 Å². The predicted molar refractivity (Wildman–Crippen MR) is 74.1 cm³/mol. The number of nitrogens with two attached hydrogens (primary N) is 1. The van der Waals surface area contributed by atoms with Crippen LogP contribution in [0.5, 0.6) is 0 Å². The van der Waals surface area contributed by atoms with E-state index in [0.29, 0.717) is 12.6 Å². The van der Waals surface area contributed by atoms with Gasteiger partial charge in [-0.05, 0) is 43.9 Å². The molecule has 0 aliphatic heterocycles. The number of hydrogen-bond acceptors (Lipinski definition) is 2. The summed E-state index contributed by atoms with van der Waals surface area (Å²) in [6.07, 6.45) is 7.78. The molecule has 104 valence electrons. The molecule has 2 saturated carbocycles. The third-order valence-electron chi connectivity index (χ3n) is 5.37. The van der Waals surface area contributed by atoms with Gasteiger partial charge >= 0.3 is 0 Å². The standard InChI is InChI=1S/C15H28N2O/c1-11-5-6-13(9-12(11)2)17-14(18)15(10-16)7-3-4-8-15/h11-13H,3-10,16H2,1-2H3,(H,17,18). The van der Waals surface area contributed by atoms with Gasteiger partial charge < -0.3 is 11.1 Å². The molecule has 0 bridgehead atoms. The van der Waals surface area contributed by atoms with Crippen molar-refractivity contribution in [2.24, 2.45) is 23.0 Å². The van der Waals surface area contributed by atoms with Crippen LogP contribution in [-0.2, 0) is 4.79 Å². The highest BCUT2D eigenvalue weighted by molar-refractivity contribution is 5.83. The molecular formula is C15H28N2O. The van der Waals surface area contributed by atoms with E-state index in [4.69, 9.17) is 5.73 Å². The molecule has 2 rings (SSSR count). The predicted octanol–water partition coefficient (Wildman–Crippen LogP) is 2.45. The van der Waals surface area contributed by atoms with Crippen molar-refractivity contribution in [3.8, 4) is 0 Å². The molecule has 0 aromatic carbocycles. The normalized spacial score (nSPS) is 35.4. The quantitative estimate of drug-likeness (QED) is 0.810. The second-order valence-corrected chi connectivity index (χ2v) is 6.63. The second-order valence-electron chi connectivity index (χ2n) is 6.63. The van der Waals surface area contributed by atoms with Crippen LogP contribution in [0.25, 0.3) is 0 Å². The molecule has 3 unspecified atom stereocenters. The van der Waals surface area contributed by atoms with E-state index < -0.39 is 0 Å². The maximum atomic E-state index is 12.5. The number of carbonyl (C=O) groups excluding carboxylic acids is 1. The van der Waals surface area contributed by atoms with Crippen molar-refractivity contribution in [3.05, 3.63) is 0 Å². The maximum Gasteiger partial charge on any atom is 0.227 e. The van der Waals surface area contributed by atoms with Crippen molar-refractivity contribution in [1.29, 1.82) is 0 Å². The van der Waals surface area contributed by atoms with Gasteiger partial charge in [0.15, 0.2) is 0 Å². The number of carbonyl (C=O) groups is 1. The smallest absolute Gasteiger partial charge is 0.227 e. The lowest BCUT2D eigenvalue weighted by atomic mass is 9.78. The van der Waals surface area contributed by atoms with E-state index in [1.165, 1.54) is 6.42 Å². The molecule has 3 nitrogen and oxygen atoms in total. The second kappa shape index (κ2) is 5.60. The van der Waals surface area contributed by atoms with Gasteiger partial charge in [0, 0.05) is 12.6 Å². The molecule has 0 saturated heterocycles. The number of rotatable bonds is 3. The largest absolute Gasteiger partial charge is 0.353 e. The molecule has 2 fully saturated rings. The zero-order chi connectivity index (χ0) is 13.2. The SMILES string of the molecule is CC1CCC(NC(=O)C2(CN)CCCC2)CC1C. The molecule has 0 radical (unpaired) electrons. The molecule has 0 spiro atoms. The Morgan fingerprint density at radius 3 is 2.44 bits per heavy atom. The summed E-state index contributed by atoms with van der Waals surface area (Å²) in [5, 5.41) is 3.28. The Hall–Kier alpha value is -0.570. The number of hydrogen-bond donors (Lipinski definition) is 2. The van der Waals surface area contributed by atoms with Crippen LogP contribution < -0.4 is 11.1 Å². The van der Waals surface area contributed by atoms with Crippen molar-refractivity contribution in [2.45, 2.75) is 64.8 Å². The third-order valence-corrected chi connectivity index (χ3v) is 5.37. The van der Waals surface area contributed by atoms with E-state index >= 15 is 0 Å². The van der Waals surface area contributed by atoms with Crippen LogP contribution in [0.4, 0.5) is 0 Å². The first-order valence-corrected chi connectivity index (χ1v) is 7.58. The summed E-state index contributed by atoms with van der Waals surface area (Å²) in [5.41, 5.74) is 5.62. The minimum Gasteiger partial charge on any atom is -0.353 e. The highest BCUT2D eigenvalue weighted by atomic mass is 16.2. The first-order chi connectivity index (χ1) is 8.57. The Morgan fingerprint density at radius 1 is 1.22 bits per heavy atom. The maximum absolute atomic E-state index is 12.5. The Labute approximate surface area is 111 Å². The Morgan fingerprint density at radius 2 is 1.89 bits per heavy atom. The molecule has 2 aliphatic rings. The van der Waals surface area contributed by atoms with Gasteiger partial charge in [-0.25, -0.2) is 0 Å². The van der Waals surface area contributed by atoms with E-state index in [-0.39, 0.29) is 11.3 Å². The van der Waals surface area contributed by atoms with Gasteiger partial charge in [0.05, 0.1) is 5.41 Å². The summed E-state index contributed by atoms with van der Waals surface area (Å²) in [6, 6.07) is 0.382. The van der Waals surface area contributed by atoms with Crippen LogP contribution in [-0.4, -0.2) is 18.5 Å². The average molecular weight is 252 g/mol. The molecule has 3 N–H and O–H groups in total. The van der Waals surface area contributed by atoms with Gasteiger partial charge in [0.25, 0.3) is 0 Å². The molecule has 0 aromatic rings. The molecule has 3 atom stereocenters. The van der Waals surface area contributed by atoms with Gasteiger partial charge in [-0.15, -0.1) is 0 Å². The molecule has 0 heterocycles. The molecular weight excluding hydrogens is 224 g/mol. The van der Waals surface area contributed by atoms with Crippen LogP contribution >= 0.6 is 0 Å². The fourth-order valence-electron chi connectivity index (χ4n) is 3.59. The number of nitrogens with one attached hydrogen (secondary N) is 1. The summed E-state index contributed by atoms with van der Waals surface area (Å²) < 4.78 is 0. The van der Waals surface area contributed by atoms with Crippen LogP contribution in [0.2, 0.25) is 0 Å². The Kier molecular flexibility index (Phi) is 4.31. The summed E-state index contributed by atoms with van der Waals surface area (Å²) in [6.45, 7) is 5.13. The highest BCUT2D eigenvalue weighted by Crippen LogP contribution is 2.38. The fraction of sp³-hybridized carbons (Fsp3) is 0.933. The minimum atomic E-state index is -0.244. The lowest BCUT2D eigenvalue weighted by Crippen LogP contribution is -2.49. The zero-order valence-corrected chi connectivity index (χ0v) is 11.9. The van der Waals surface area contributed by atoms with E-state index in [0.717, 1.165) is 50.4 Å². The average Bonchev–Trinajstić information content (AvgIpc) is 2.84. The summed E-state index contributed by atoms with van der Waals surface area (Å²) in [5.74, 6) is 1.75. The molecule has 3 heteroatoms. The van der Waals surface area contributed by atoms with Crippen LogP contribution in [0, 0.1) is 17.3 Å². The zero-order valence-electron chi connectivity index (χ0n) is 11.9. The summed E-state index contributed by atoms with van der Waals surface area (Å²) >= 11 is 0. The van der Waals surface area contributed by atoms with Crippen LogP contribution in [0.15, 0.2) is 0 Å². The number of amides is 1. The lowest BCUT2D eigenvalue weighted by molar-refractivity contribution is -0.131. The van der Waals surface area contributed by atoms with Crippen LogP contribution in [0.1, 0.15) is 58.8 Å². The summed E-state index contributed by atoms with van der Waals surface area (Å²) in [7, 11) is 0. The van der Waals surface area contributed by atoms with E-state index in [9.17, 15) is 4.79 Å². The molecule has 1 amide bonds. The fourth-order valence-corrected chi connectivity index (χ4v) is 3.59. The van der Waals surface area contributed by atoms with Crippen molar-refractivity contribution in [2.75, 3.05) is 6.54 Å². The third kappa shape index (κ3) is 2.71. The van der Waals surface area contributed by atoms with E-state index in [1.807, 2.05) is 0 Å². The monoisotopic (exact) mass is 252 g/mol. The Balaban J connectivity index is 1.91. The van der Waals surface area contributed by atoms with Crippen molar-refractivity contribution >= 4 is 5.91 Å². The molecule has 0 aromatic heterocycles. The van der Waals surface area contributed by atoms with Crippen molar-refractivity contribution in [1.82, 2.24) is 5.32 Å². The van der Waals surface area contributed by atoms with E-state index in [1.54, 1.807) is 0 Å². The minimum absolute atomic E-state index is 0.231. The first kappa shape index (κ1) is 13.9. The van der Waals surface area contributed by atoms with Gasteiger partial charge in [-0.2, -0.15) is 0 Å². The van der Waals surface area contributed by atoms with Crippen molar-refractivity contribution in [3.63, 3.8) is 0 Å². The van der Waals surface area contributed by atoms with Gasteiger partial charge in [0.1, 0.15) is 0 Å². The van der Waals surface area contributed by atoms with E-state index in [2.05, 4.69) is 19.2 Å².